The van der Waals surface area contributed by atoms with Crippen molar-refractivity contribution in [3.8, 4) is 0 Å². The van der Waals surface area contributed by atoms with Crippen molar-refractivity contribution >= 4 is 11.6 Å². The van der Waals surface area contributed by atoms with Crippen LogP contribution >= 0.6 is 11.6 Å². The maximum atomic E-state index is 5.85. The van der Waals surface area contributed by atoms with Gasteiger partial charge in [-0.1, -0.05) is 11.6 Å². The van der Waals surface area contributed by atoms with Gasteiger partial charge in [0, 0.05) is 18.4 Å². The predicted molar refractivity (Wildman–Crippen MR) is 54.0 cm³/mol. The van der Waals surface area contributed by atoms with Gasteiger partial charge in [-0.25, -0.2) is 0 Å². The molecule has 2 nitrogen and oxygen atoms in total. The van der Waals surface area contributed by atoms with Gasteiger partial charge in [-0.05, 0) is 37.4 Å². The van der Waals surface area contributed by atoms with Gasteiger partial charge in [0.15, 0.2) is 0 Å². The summed E-state index contributed by atoms with van der Waals surface area (Å²) in [7, 11) is 0. The summed E-state index contributed by atoms with van der Waals surface area (Å²) in [5.74, 6) is 0. The van der Waals surface area contributed by atoms with Crippen LogP contribution in [0.2, 0.25) is 5.02 Å². The second kappa shape index (κ2) is 4.07. The third-order valence-corrected chi connectivity index (χ3v) is 2.61. The highest BCUT2D eigenvalue weighted by Crippen LogP contribution is 2.14. The first kappa shape index (κ1) is 8.97. The normalized spacial score (nSPS) is 22.1. The van der Waals surface area contributed by atoms with E-state index in [2.05, 4.69) is 10.3 Å². The van der Waals surface area contributed by atoms with Gasteiger partial charge in [-0.15, -0.1) is 0 Å². The number of hydrogen-bond donors (Lipinski definition) is 1. The Morgan fingerprint density at radius 3 is 3.15 bits per heavy atom. The third kappa shape index (κ3) is 2.42. The van der Waals surface area contributed by atoms with Gasteiger partial charge in [0.1, 0.15) is 0 Å². The van der Waals surface area contributed by atoms with Gasteiger partial charge in [-0.2, -0.15) is 0 Å². The van der Waals surface area contributed by atoms with Crippen LogP contribution in [0.1, 0.15) is 18.4 Å². The monoisotopic (exact) mass is 196 g/mol. The van der Waals surface area contributed by atoms with Crippen LogP contribution in [0.3, 0.4) is 0 Å². The van der Waals surface area contributed by atoms with E-state index in [0.717, 1.165) is 18.0 Å². The fraction of sp³-hybridized carbons (Fsp3) is 0.500. The molecule has 0 radical (unpaired) electrons. The Morgan fingerprint density at radius 1 is 1.54 bits per heavy atom. The minimum absolute atomic E-state index is 0.625. The molecule has 0 aromatic carbocycles. The van der Waals surface area contributed by atoms with Crippen LogP contribution in [0.15, 0.2) is 18.5 Å². The van der Waals surface area contributed by atoms with E-state index in [1.165, 1.54) is 18.4 Å². The van der Waals surface area contributed by atoms with Crippen LogP contribution in [0.25, 0.3) is 0 Å². The van der Waals surface area contributed by atoms with E-state index in [0.29, 0.717) is 6.04 Å². The first-order valence-electron chi connectivity index (χ1n) is 4.67. The quantitative estimate of drug-likeness (QED) is 0.783. The summed E-state index contributed by atoms with van der Waals surface area (Å²) in [6.07, 6.45) is 7.18. The zero-order valence-corrected chi connectivity index (χ0v) is 8.22. The van der Waals surface area contributed by atoms with Crippen molar-refractivity contribution in [2.24, 2.45) is 0 Å². The Morgan fingerprint density at radius 2 is 2.46 bits per heavy atom. The molecule has 1 atom stereocenters. The summed E-state index contributed by atoms with van der Waals surface area (Å²) in [6.45, 7) is 1.15. The summed E-state index contributed by atoms with van der Waals surface area (Å²) >= 11 is 5.85. The maximum absolute atomic E-state index is 5.85. The van der Waals surface area contributed by atoms with Crippen molar-refractivity contribution in [1.29, 1.82) is 0 Å². The maximum Gasteiger partial charge on any atom is 0.0592 e. The molecule has 0 saturated carbocycles. The second-order valence-corrected chi connectivity index (χ2v) is 3.95. The minimum atomic E-state index is 0.625. The van der Waals surface area contributed by atoms with Crippen LogP contribution in [0.5, 0.6) is 0 Å². The highest BCUT2D eigenvalue weighted by molar-refractivity contribution is 6.30. The molecule has 0 aliphatic carbocycles. The summed E-state index contributed by atoms with van der Waals surface area (Å²) in [4.78, 5) is 4.07. The number of rotatable bonds is 2. The van der Waals surface area contributed by atoms with Crippen LogP contribution in [0.4, 0.5) is 0 Å². The Bertz CT molecular complexity index is 282. The lowest BCUT2D eigenvalue weighted by atomic mass is 10.1. The van der Waals surface area contributed by atoms with E-state index < -0.39 is 0 Å². The van der Waals surface area contributed by atoms with Crippen molar-refractivity contribution in [3.05, 3.63) is 29.0 Å². The van der Waals surface area contributed by atoms with Gasteiger partial charge in [-0.3, -0.25) is 4.98 Å². The van der Waals surface area contributed by atoms with Gasteiger partial charge in [0.25, 0.3) is 0 Å². The number of nitrogens with zero attached hydrogens (tertiary/aromatic N) is 1. The Hall–Kier alpha value is -0.600. The number of halogens is 1. The lowest BCUT2D eigenvalue weighted by molar-refractivity contribution is 0.602. The fourth-order valence-electron chi connectivity index (χ4n) is 1.78. The summed E-state index contributed by atoms with van der Waals surface area (Å²) in [5.41, 5.74) is 1.23. The molecular weight excluding hydrogens is 184 g/mol. The van der Waals surface area contributed by atoms with E-state index in [1.807, 2.05) is 12.3 Å². The molecule has 0 spiro atoms. The molecule has 1 aliphatic heterocycles. The summed E-state index contributed by atoms with van der Waals surface area (Å²) < 4.78 is 0. The van der Waals surface area contributed by atoms with Crippen molar-refractivity contribution in [3.63, 3.8) is 0 Å². The molecule has 1 fully saturated rings. The zero-order valence-electron chi connectivity index (χ0n) is 7.46. The van der Waals surface area contributed by atoms with Crippen molar-refractivity contribution in [1.82, 2.24) is 10.3 Å². The molecule has 1 saturated heterocycles. The number of hydrogen-bond acceptors (Lipinski definition) is 2. The largest absolute Gasteiger partial charge is 0.314 e. The van der Waals surface area contributed by atoms with Gasteiger partial charge >= 0.3 is 0 Å². The molecule has 0 amide bonds. The van der Waals surface area contributed by atoms with Crippen molar-refractivity contribution in [2.45, 2.75) is 25.3 Å². The average Bonchev–Trinajstić information content (AvgIpc) is 2.57. The molecule has 0 bridgehead atoms. The SMILES string of the molecule is Clc1cncc(CC2CCCN2)c1. The van der Waals surface area contributed by atoms with Crippen LogP contribution in [-0.4, -0.2) is 17.6 Å². The Kier molecular flexibility index (Phi) is 2.81. The van der Waals surface area contributed by atoms with Gasteiger partial charge < -0.3 is 5.32 Å². The smallest absolute Gasteiger partial charge is 0.0592 e. The standard InChI is InChI=1S/C10H13ClN2/c11-9-4-8(6-12-7-9)5-10-2-1-3-13-10/h4,6-7,10,13H,1-3,5H2. The van der Waals surface area contributed by atoms with E-state index in [9.17, 15) is 0 Å². The molecule has 70 valence electrons. The molecule has 1 aliphatic rings. The molecule has 1 aromatic heterocycles. The predicted octanol–water partition coefficient (Wildman–Crippen LogP) is 2.03. The van der Waals surface area contributed by atoms with Gasteiger partial charge in [0.05, 0.1) is 5.02 Å². The van der Waals surface area contributed by atoms with Gasteiger partial charge in [0.2, 0.25) is 0 Å². The number of pyridine rings is 1. The molecular formula is C10H13ClN2. The van der Waals surface area contributed by atoms with Crippen LogP contribution in [0, 0.1) is 0 Å². The molecule has 2 rings (SSSR count). The number of nitrogens with one attached hydrogen (secondary N) is 1. The van der Waals surface area contributed by atoms with Crippen LogP contribution < -0.4 is 5.32 Å². The molecule has 2 heterocycles. The van der Waals surface area contributed by atoms with Crippen molar-refractivity contribution < 1.29 is 0 Å². The molecule has 13 heavy (non-hydrogen) atoms. The lowest BCUT2D eigenvalue weighted by Crippen LogP contribution is -2.23. The Balaban J connectivity index is 2.00. The first-order valence-corrected chi connectivity index (χ1v) is 5.05. The molecule has 1 unspecified atom stereocenters. The highest BCUT2D eigenvalue weighted by atomic mass is 35.5. The zero-order chi connectivity index (χ0) is 9.10. The summed E-state index contributed by atoms with van der Waals surface area (Å²) in [6, 6.07) is 2.62. The van der Waals surface area contributed by atoms with E-state index in [-0.39, 0.29) is 0 Å². The molecule has 1 aromatic rings. The third-order valence-electron chi connectivity index (χ3n) is 2.41. The molecule has 3 heteroatoms. The van der Waals surface area contributed by atoms with E-state index in [4.69, 9.17) is 11.6 Å². The topological polar surface area (TPSA) is 24.9 Å². The lowest BCUT2D eigenvalue weighted by Gasteiger charge is -2.09. The van der Waals surface area contributed by atoms with E-state index in [1.54, 1.807) is 6.20 Å². The average molecular weight is 197 g/mol. The fourth-order valence-corrected chi connectivity index (χ4v) is 1.98. The number of aromatic nitrogens is 1. The van der Waals surface area contributed by atoms with Crippen molar-refractivity contribution in [2.75, 3.05) is 6.54 Å². The van der Waals surface area contributed by atoms with Crippen LogP contribution in [-0.2, 0) is 6.42 Å². The second-order valence-electron chi connectivity index (χ2n) is 3.51. The Labute approximate surface area is 83.3 Å². The molecule has 1 N–H and O–H groups in total. The van der Waals surface area contributed by atoms with E-state index >= 15 is 0 Å². The highest BCUT2D eigenvalue weighted by Gasteiger charge is 2.14. The first-order chi connectivity index (χ1) is 6.34. The summed E-state index contributed by atoms with van der Waals surface area (Å²) in [5, 5.41) is 4.19. The minimum Gasteiger partial charge on any atom is -0.314 e.